The predicted octanol–water partition coefficient (Wildman–Crippen LogP) is 3.93. The molecule has 170 valence electrons. The molecule has 0 fully saturated rings. The molecule has 2 aromatic rings. The summed E-state index contributed by atoms with van der Waals surface area (Å²) < 4.78 is 73.4. The van der Waals surface area contributed by atoms with E-state index in [2.05, 4.69) is 21.0 Å². The van der Waals surface area contributed by atoms with Gasteiger partial charge in [-0.3, -0.25) is 9.48 Å². The molecule has 1 unspecified atom stereocenters. The summed E-state index contributed by atoms with van der Waals surface area (Å²) >= 11 is 2.97. The molecule has 0 saturated heterocycles. The van der Waals surface area contributed by atoms with Crippen molar-refractivity contribution in [1.29, 1.82) is 0 Å². The minimum atomic E-state index is -4.68. The Morgan fingerprint density at radius 2 is 2.06 bits per heavy atom. The molecular weight excluding hydrogens is 503 g/mol. The number of hydrogen-bond donors (Lipinski definition) is 0. The summed E-state index contributed by atoms with van der Waals surface area (Å²) in [5.41, 5.74) is 0.296. The number of ether oxygens (including phenoxy) is 1. The Balaban J connectivity index is 1.94. The maximum Gasteiger partial charge on any atom is 0.416 e. The molecule has 31 heavy (non-hydrogen) atoms. The molecule has 1 aromatic heterocycles. The lowest BCUT2D eigenvalue weighted by atomic mass is 9.93. The van der Waals surface area contributed by atoms with Crippen molar-refractivity contribution in [2.75, 3.05) is 13.7 Å². The maximum absolute atomic E-state index is 13.2. The van der Waals surface area contributed by atoms with Crippen molar-refractivity contribution in [3.05, 3.63) is 45.7 Å². The van der Waals surface area contributed by atoms with Crippen LogP contribution in [0.5, 0.6) is 0 Å². The molecule has 0 radical (unpaired) electrons. The average Bonchev–Trinajstić information content (AvgIpc) is 3.09. The van der Waals surface area contributed by atoms with Crippen molar-refractivity contribution in [3.8, 4) is 0 Å². The van der Waals surface area contributed by atoms with Crippen LogP contribution >= 0.6 is 15.9 Å². The Hall–Kier alpha value is -1.92. The van der Waals surface area contributed by atoms with Crippen LogP contribution in [0.15, 0.2) is 33.8 Å². The molecule has 0 bridgehead atoms. The molecule has 1 atom stereocenters. The first-order valence-electron chi connectivity index (χ1n) is 9.51. The van der Waals surface area contributed by atoms with E-state index < -0.39 is 38.7 Å². The first-order chi connectivity index (χ1) is 14.4. The number of esters is 1. The summed E-state index contributed by atoms with van der Waals surface area (Å²) in [5, 5.41) is 4.21. The van der Waals surface area contributed by atoms with Gasteiger partial charge in [-0.25, -0.2) is 8.42 Å². The molecule has 0 aliphatic heterocycles. The van der Waals surface area contributed by atoms with Crippen LogP contribution in [-0.2, 0) is 38.7 Å². The van der Waals surface area contributed by atoms with Crippen LogP contribution in [0.1, 0.15) is 42.6 Å². The lowest BCUT2D eigenvalue weighted by molar-refractivity contribution is -0.144. The zero-order valence-corrected chi connectivity index (χ0v) is 19.2. The van der Waals surface area contributed by atoms with Crippen LogP contribution in [-0.4, -0.2) is 42.1 Å². The van der Waals surface area contributed by atoms with Crippen LogP contribution in [0.25, 0.3) is 0 Å². The number of carbonyl (C=O) groups is 1. The highest BCUT2D eigenvalue weighted by Crippen LogP contribution is 2.38. The quantitative estimate of drug-likeness (QED) is 0.536. The van der Waals surface area contributed by atoms with Gasteiger partial charge in [0.1, 0.15) is 6.54 Å². The summed E-state index contributed by atoms with van der Waals surface area (Å²) in [6, 6.07) is 1.99. The number of sulfonamides is 1. The van der Waals surface area contributed by atoms with Gasteiger partial charge in [0.2, 0.25) is 10.0 Å². The minimum absolute atomic E-state index is 0.0147. The predicted molar refractivity (Wildman–Crippen MR) is 109 cm³/mol. The van der Waals surface area contributed by atoms with Gasteiger partial charge >= 0.3 is 12.1 Å². The second-order valence-electron chi connectivity index (χ2n) is 7.11. The van der Waals surface area contributed by atoms with Crippen LogP contribution in [0.3, 0.4) is 0 Å². The summed E-state index contributed by atoms with van der Waals surface area (Å²) in [6.07, 6.45) is -1.45. The maximum atomic E-state index is 13.2. The molecular formula is C19H21BrF3N3O4S. The molecule has 0 amide bonds. The number of aromatic nitrogens is 2. The normalized spacial score (nSPS) is 16.9. The van der Waals surface area contributed by atoms with E-state index in [0.29, 0.717) is 30.9 Å². The Labute approximate surface area is 186 Å². The topological polar surface area (TPSA) is 81.5 Å². The van der Waals surface area contributed by atoms with Gasteiger partial charge in [0, 0.05) is 22.8 Å². The van der Waals surface area contributed by atoms with E-state index in [1.807, 2.05) is 0 Å². The number of hydrogen-bond acceptors (Lipinski definition) is 5. The zero-order chi connectivity index (χ0) is 23.0. The fraction of sp³-hybridized carbons (Fsp3) is 0.474. The number of alkyl halides is 3. The number of halogens is 4. The standard InChI is InChI=1S/C19H21BrF3N3O4S/c1-3-30-18(27)11-26-17-6-4-5-16(15(17)10-24-26)25(2)31(28,29)14-8-12(19(21,22)23)7-13(20)9-14/h7-10,16H,3-6,11H2,1-2H3. The monoisotopic (exact) mass is 523 g/mol. The Bertz CT molecular complexity index is 1090. The van der Waals surface area contributed by atoms with Crippen LogP contribution < -0.4 is 0 Å². The molecule has 0 N–H and O–H groups in total. The number of nitrogens with zero attached hydrogens (tertiary/aromatic N) is 3. The van der Waals surface area contributed by atoms with Crippen molar-refractivity contribution >= 4 is 31.9 Å². The van der Waals surface area contributed by atoms with Gasteiger partial charge in [0.25, 0.3) is 0 Å². The van der Waals surface area contributed by atoms with Gasteiger partial charge in [-0.05, 0) is 44.4 Å². The average molecular weight is 524 g/mol. The first-order valence-corrected chi connectivity index (χ1v) is 11.7. The van der Waals surface area contributed by atoms with Crippen LogP contribution in [0, 0.1) is 0 Å². The van der Waals surface area contributed by atoms with Crippen LogP contribution in [0.2, 0.25) is 0 Å². The van der Waals surface area contributed by atoms with Gasteiger partial charge in [-0.1, -0.05) is 15.9 Å². The summed E-state index contributed by atoms with van der Waals surface area (Å²) in [7, 11) is -2.90. The smallest absolute Gasteiger partial charge is 0.416 e. The molecule has 1 aromatic carbocycles. The first kappa shape index (κ1) is 23.7. The van der Waals surface area contributed by atoms with Crippen molar-refractivity contribution in [2.24, 2.45) is 0 Å². The van der Waals surface area contributed by atoms with E-state index in [1.165, 1.54) is 17.9 Å². The number of carbonyl (C=O) groups excluding carboxylic acids is 1. The third-order valence-electron chi connectivity index (χ3n) is 5.13. The fourth-order valence-electron chi connectivity index (χ4n) is 3.65. The second kappa shape index (κ2) is 8.91. The Morgan fingerprint density at radius 1 is 1.35 bits per heavy atom. The number of rotatable bonds is 6. The molecule has 0 saturated carbocycles. The van der Waals surface area contributed by atoms with Gasteiger partial charge in [0.15, 0.2) is 0 Å². The molecule has 3 rings (SSSR count). The van der Waals surface area contributed by atoms with Crippen molar-refractivity contribution in [2.45, 2.75) is 49.8 Å². The SMILES string of the molecule is CCOC(=O)Cn1ncc2c1CCCC2N(C)S(=O)(=O)c1cc(Br)cc(C(F)(F)F)c1. The third kappa shape index (κ3) is 4.96. The lowest BCUT2D eigenvalue weighted by Gasteiger charge is -2.31. The van der Waals surface area contributed by atoms with Crippen LogP contribution in [0.4, 0.5) is 13.2 Å². The fourth-order valence-corrected chi connectivity index (χ4v) is 5.73. The molecule has 1 aliphatic rings. The molecule has 1 heterocycles. The summed E-state index contributed by atoms with van der Waals surface area (Å²) in [6.45, 7) is 1.84. The van der Waals surface area contributed by atoms with Gasteiger partial charge in [-0.15, -0.1) is 0 Å². The van der Waals surface area contributed by atoms with E-state index in [1.54, 1.807) is 6.92 Å². The van der Waals surface area contributed by atoms with E-state index in [4.69, 9.17) is 4.74 Å². The number of fused-ring (bicyclic) bond motifs is 1. The third-order valence-corrected chi connectivity index (χ3v) is 7.43. The van der Waals surface area contributed by atoms with Crippen molar-refractivity contribution < 1.29 is 31.1 Å². The molecule has 12 heteroatoms. The summed E-state index contributed by atoms with van der Waals surface area (Å²) in [4.78, 5) is 11.4. The highest BCUT2D eigenvalue weighted by atomic mass is 79.9. The van der Waals surface area contributed by atoms with E-state index in [9.17, 15) is 26.4 Å². The molecule has 1 aliphatic carbocycles. The zero-order valence-electron chi connectivity index (χ0n) is 16.8. The van der Waals surface area contributed by atoms with Crippen molar-refractivity contribution in [3.63, 3.8) is 0 Å². The highest BCUT2D eigenvalue weighted by Gasteiger charge is 2.37. The summed E-state index contributed by atoms with van der Waals surface area (Å²) in [5.74, 6) is -0.453. The number of benzene rings is 1. The highest BCUT2D eigenvalue weighted by molar-refractivity contribution is 9.10. The van der Waals surface area contributed by atoms with Gasteiger partial charge < -0.3 is 4.74 Å². The van der Waals surface area contributed by atoms with E-state index >= 15 is 0 Å². The molecule has 0 spiro atoms. The molecule has 7 nitrogen and oxygen atoms in total. The lowest BCUT2D eigenvalue weighted by Crippen LogP contribution is -2.33. The van der Waals surface area contributed by atoms with E-state index in [0.717, 1.165) is 22.1 Å². The van der Waals surface area contributed by atoms with Crippen molar-refractivity contribution in [1.82, 2.24) is 14.1 Å². The Morgan fingerprint density at radius 3 is 2.71 bits per heavy atom. The van der Waals surface area contributed by atoms with Gasteiger partial charge in [-0.2, -0.15) is 22.6 Å². The Kier molecular flexibility index (Phi) is 6.82. The largest absolute Gasteiger partial charge is 0.465 e. The second-order valence-corrected chi connectivity index (χ2v) is 10.0. The minimum Gasteiger partial charge on any atom is -0.465 e. The van der Waals surface area contributed by atoms with E-state index in [-0.39, 0.29) is 17.6 Å². The van der Waals surface area contributed by atoms with Gasteiger partial charge in [0.05, 0.1) is 29.3 Å².